The molecule has 1 heterocycles. The van der Waals surface area contributed by atoms with E-state index in [1.807, 2.05) is 0 Å². The van der Waals surface area contributed by atoms with E-state index in [4.69, 9.17) is 22.1 Å². The molecule has 0 atom stereocenters. The molecule has 1 aromatic heterocycles. The summed E-state index contributed by atoms with van der Waals surface area (Å²) in [5, 5.41) is 10.3. The third kappa shape index (κ3) is 6.32. The molecular formula is C21H18ClF3N4O5. The molecule has 0 saturated heterocycles. The van der Waals surface area contributed by atoms with Crippen molar-refractivity contribution in [1.29, 1.82) is 0 Å². The maximum absolute atomic E-state index is 12.6. The van der Waals surface area contributed by atoms with E-state index in [1.165, 1.54) is 28.6 Å². The highest BCUT2D eigenvalue weighted by molar-refractivity contribution is 6.30. The number of aromatic nitrogens is 2. The smallest absolute Gasteiger partial charge is 0.476 e. The van der Waals surface area contributed by atoms with Gasteiger partial charge in [0.15, 0.2) is 11.5 Å². The standard InChI is InChI=1S/C21H18ClF3N4O5/c1-28(11-16(26)30)18-17(19(31)32)29(10-12-5-7-13(22)8-6-12)20(27-18)33-14-3-2-4-15(9-14)34-21(23,24)25/h2-9H,10-11H2,1H3,(H2,26,30)(H,31,32). The van der Waals surface area contributed by atoms with Gasteiger partial charge in [0.2, 0.25) is 5.91 Å². The number of carboxylic acids is 1. The van der Waals surface area contributed by atoms with Gasteiger partial charge in [0.05, 0.1) is 13.1 Å². The molecule has 0 saturated carbocycles. The first-order valence-corrected chi connectivity index (χ1v) is 9.92. The Balaban J connectivity index is 2.07. The van der Waals surface area contributed by atoms with Crippen LogP contribution < -0.4 is 20.1 Å². The summed E-state index contributed by atoms with van der Waals surface area (Å²) in [5.41, 5.74) is 5.53. The van der Waals surface area contributed by atoms with Crippen LogP contribution in [0.15, 0.2) is 48.5 Å². The van der Waals surface area contributed by atoms with Crippen molar-refractivity contribution in [2.75, 3.05) is 18.5 Å². The number of benzene rings is 2. The number of carbonyl (C=O) groups excluding carboxylic acids is 1. The molecule has 34 heavy (non-hydrogen) atoms. The summed E-state index contributed by atoms with van der Waals surface area (Å²) in [5.74, 6) is -2.87. The number of hydrogen-bond acceptors (Lipinski definition) is 6. The molecule has 13 heteroatoms. The van der Waals surface area contributed by atoms with E-state index in [0.29, 0.717) is 10.6 Å². The number of hydrogen-bond donors (Lipinski definition) is 2. The highest BCUT2D eigenvalue weighted by atomic mass is 35.5. The largest absolute Gasteiger partial charge is 0.573 e. The average Bonchev–Trinajstić information content (AvgIpc) is 3.06. The molecule has 3 N–H and O–H groups in total. The number of likely N-dealkylation sites (N-methyl/N-ethyl adjacent to an activating group) is 1. The maximum atomic E-state index is 12.6. The minimum atomic E-state index is -4.91. The van der Waals surface area contributed by atoms with Crippen molar-refractivity contribution < 1.29 is 37.3 Å². The number of primary amides is 1. The summed E-state index contributed by atoms with van der Waals surface area (Å²) in [4.78, 5) is 28.9. The lowest BCUT2D eigenvalue weighted by Gasteiger charge is -2.15. The van der Waals surface area contributed by atoms with Crippen LogP contribution in [0.5, 0.6) is 17.5 Å². The van der Waals surface area contributed by atoms with Crippen LogP contribution in [-0.4, -0.2) is 46.5 Å². The van der Waals surface area contributed by atoms with Crippen LogP contribution >= 0.6 is 11.6 Å². The van der Waals surface area contributed by atoms with Crippen molar-refractivity contribution in [2.45, 2.75) is 12.9 Å². The van der Waals surface area contributed by atoms with Crippen molar-refractivity contribution >= 4 is 29.3 Å². The Labute approximate surface area is 196 Å². The van der Waals surface area contributed by atoms with Crippen LogP contribution in [0.2, 0.25) is 5.02 Å². The number of imidazole rings is 1. The number of amides is 1. The zero-order valence-corrected chi connectivity index (χ0v) is 18.3. The molecular weight excluding hydrogens is 481 g/mol. The van der Waals surface area contributed by atoms with Crippen molar-refractivity contribution in [3.8, 4) is 17.5 Å². The molecule has 0 spiro atoms. The molecule has 0 aliphatic carbocycles. The number of anilines is 1. The monoisotopic (exact) mass is 498 g/mol. The minimum absolute atomic E-state index is 0.0374. The zero-order valence-electron chi connectivity index (χ0n) is 17.5. The number of rotatable bonds is 9. The van der Waals surface area contributed by atoms with E-state index in [2.05, 4.69) is 9.72 Å². The number of carboxylic acid groups (broad SMARTS) is 1. The second-order valence-corrected chi connectivity index (χ2v) is 7.47. The Bertz CT molecular complexity index is 1200. The van der Waals surface area contributed by atoms with Gasteiger partial charge < -0.3 is 25.2 Å². The lowest BCUT2D eigenvalue weighted by Crippen LogP contribution is -2.32. The molecule has 1 amide bonds. The third-order valence-electron chi connectivity index (χ3n) is 4.37. The summed E-state index contributed by atoms with van der Waals surface area (Å²) in [7, 11) is 1.41. The first-order valence-electron chi connectivity index (χ1n) is 9.54. The van der Waals surface area contributed by atoms with Crippen LogP contribution in [0.3, 0.4) is 0 Å². The van der Waals surface area contributed by atoms with Crippen LogP contribution in [-0.2, 0) is 11.3 Å². The van der Waals surface area contributed by atoms with E-state index in [0.717, 1.165) is 12.1 Å². The summed E-state index contributed by atoms with van der Waals surface area (Å²) in [6.45, 7) is -0.378. The molecule has 0 bridgehead atoms. The average molecular weight is 499 g/mol. The molecule has 0 aliphatic rings. The number of nitrogens with zero attached hydrogens (tertiary/aromatic N) is 3. The Kier molecular flexibility index (Phi) is 7.20. The SMILES string of the molecule is CN(CC(N)=O)c1nc(Oc2cccc(OC(F)(F)F)c2)n(Cc2ccc(Cl)cc2)c1C(=O)O. The summed E-state index contributed by atoms with van der Waals surface area (Å²) in [6, 6.07) is 10.9. The Hall–Kier alpha value is -3.93. The van der Waals surface area contributed by atoms with Gasteiger partial charge in [0.25, 0.3) is 0 Å². The van der Waals surface area contributed by atoms with Gasteiger partial charge in [0, 0.05) is 18.1 Å². The number of alkyl halides is 3. The van der Waals surface area contributed by atoms with Gasteiger partial charge in [-0.1, -0.05) is 29.8 Å². The Morgan fingerprint density at radius 2 is 1.82 bits per heavy atom. The van der Waals surface area contributed by atoms with Crippen molar-refractivity contribution in [2.24, 2.45) is 5.73 Å². The molecule has 180 valence electrons. The minimum Gasteiger partial charge on any atom is -0.476 e. The van der Waals surface area contributed by atoms with Gasteiger partial charge in [-0.15, -0.1) is 13.2 Å². The van der Waals surface area contributed by atoms with Gasteiger partial charge in [-0.05, 0) is 29.8 Å². The van der Waals surface area contributed by atoms with E-state index in [-0.39, 0.29) is 36.4 Å². The number of nitrogens with two attached hydrogens (primary N) is 1. The normalized spacial score (nSPS) is 11.2. The zero-order chi connectivity index (χ0) is 25.0. The van der Waals surface area contributed by atoms with Crippen molar-refractivity contribution in [3.63, 3.8) is 0 Å². The highest BCUT2D eigenvalue weighted by Crippen LogP contribution is 2.32. The molecule has 0 unspecified atom stereocenters. The molecule has 0 fully saturated rings. The molecule has 2 aromatic carbocycles. The van der Waals surface area contributed by atoms with Crippen molar-refractivity contribution in [3.05, 3.63) is 64.8 Å². The quantitative estimate of drug-likeness (QED) is 0.459. The van der Waals surface area contributed by atoms with Gasteiger partial charge in [0.1, 0.15) is 11.5 Å². The molecule has 0 aliphatic heterocycles. The van der Waals surface area contributed by atoms with Gasteiger partial charge in [-0.25, -0.2) is 4.79 Å². The Morgan fingerprint density at radius 3 is 2.41 bits per heavy atom. The first-order chi connectivity index (χ1) is 15.9. The molecule has 0 radical (unpaired) electrons. The fourth-order valence-electron chi connectivity index (χ4n) is 3.04. The maximum Gasteiger partial charge on any atom is 0.573 e. The van der Waals surface area contributed by atoms with Gasteiger partial charge >= 0.3 is 18.3 Å². The van der Waals surface area contributed by atoms with E-state index in [1.54, 1.807) is 24.3 Å². The number of ether oxygens (including phenoxy) is 2. The summed E-state index contributed by atoms with van der Waals surface area (Å²) < 4.78 is 48.5. The lowest BCUT2D eigenvalue weighted by molar-refractivity contribution is -0.274. The highest BCUT2D eigenvalue weighted by Gasteiger charge is 2.31. The van der Waals surface area contributed by atoms with Crippen LogP contribution in [0, 0.1) is 0 Å². The molecule has 3 rings (SSSR count). The number of aromatic carboxylic acids is 1. The predicted octanol–water partition coefficient (Wildman–Crippen LogP) is 3.90. The van der Waals surface area contributed by atoms with E-state index in [9.17, 15) is 27.9 Å². The Morgan fingerprint density at radius 1 is 1.18 bits per heavy atom. The second kappa shape index (κ2) is 9.91. The van der Waals surface area contributed by atoms with E-state index < -0.39 is 24.0 Å². The second-order valence-electron chi connectivity index (χ2n) is 7.03. The summed E-state index contributed by atoms with van der Waals surface area (Å²) in [6.07, 6.45) is -4.91. The predicted molar refractivity (Wildman–Crippen MR) is 115 cm³/mol. The lowest BCUT2D eigenvalue weighted by atomic mass is 10.2. The fourth-order valence-corrected chi connectivity index (χ4v) is 3.17. The van der Waals surface area contributed by atoms with Crippen LogP contribution in [0.25, 0.3) is 0 Å². The van der Waals surface area contributed by atoms with Gasteiger partial charge in [-0.3, -0.25) is 9.36 Å². The van der Waals surface area contributed by atoms with E-state index >= 15 is 0 Å². The number of halogens is 4. The van der Waals surface area contributed by atoms with Gasteiger partial charge in [-0.2, -0.15) is 4.98 Å². The van der Waals surface area contributed by atoms with Crippen molar-refractivity contribution in [1.82, 2.24) is 9.55 Å². The molecule has 3 aromatic rings. The topological polar surface area (TPSA) is 120 Å². The fraction of sp³-hybridized carbons (Fsp3) is 0.190. The van der Waals surface area contributed by atoms with Crippen LogP contribution in [0.1, 0.15) is 16.1 Å². The summed E-state index contributed by atoms with van der Waals surface area (Å²) >= 11 is 5.91. The molecule has 9 nitrogen and oxygen atoms in total. The van der Waals surface area contributed by atoms with Crippen LogP contribution in [0.4, 0.5) is 19.0 Å². The number of carbonyl (C=O) groups is 2. The first kappa shape index (κ1) is 24.7. The third-order valence-corrected chi connectivity index (χ3v) is 4.63.